The number of hydrogen-bond acceptors (Lipinski definition) is 4. The maximum absolute atomic E-state index is 10.0. The minimum Gasteiger partial charge on any atom is -0.388 e. The van der Waals surface area contributed by atoms with E-state index in [0.717, 1.165) is 10.0 Å². The van der Waals surface area contributed by atoms with Crippen LogP contribution in [0.4, 0.5) is 0 Å². The molecule has 16 heavy (non-hydrogen) atoms. The van der Waals surface area contributed by atoms with Crippen molar-refractivity contribution in [2.45, 2.75) is 12.5 Å². The van der Waals surface area contributed by atoms with Crippen molar-refractivity contribution in [3.05, 3.63) is 40.1 Å². The number of nitrogens with zero attached hydrogens (tertiary/aromatic N) is 4. The Labute approximate surface area is 101 Å². The monoisotopic (exact) mass is 282 g/mol. The summed E-state index contributed by atoms with van der Waals surface area (Å²) >= 11 is 3.39. The van der Waals surface area contributed by atoms with E-state index in [1.165, 1.54) is 4.80 Å². The third-order valence-corrected chi connectivity index (χ3v) is 2.91. The van der Waals surface area contributed by atoms with Crippen LogP contribution in [0.1, 0.15) is 17.5 Å². The summed E-state index contributed by atoms with van der Waals surface area (Å²) in [6, 6.07) is 7.54. The van der Waals surface area contributed by atoms with Crippen molar-refractivity contribution in [3.63, 3.8) is 0 Å². The zero-order valence-electron chi connectivity index (χ0n) is 8.71. The standard InChI is InChI=1S/C10H11BrN4O/c1-15-13-10(12-14-15)6-9(16)7-4-2-3-5-8(7)11/h2-5,9,16H,6H2,1H3. The number of tetrazole rings is 1. The van der Waals surface area contributed by atoms with Gasteiger partial charge in [0.15, 0.2) is 5.82 Å². The highest BCUT2D eigenvalue weighted by Crippen LogP contribution is 2.24. The SMILES string of the molecule is Cn1nnc(CC(O)c2ccccc2Br)n1. The van der Waals surface area contributed by atoms with Crippen LogP contribution in [0, 0.1) is 0 Å². The lowest BCUT2D eigenvalue weighted by Gasteiger charge is -2.10. The summed E-state index contributed by atoms with van der Waals surface area (Å²) in [6.07, 6.45) is -0.268. The lowest BCUT2D eigenvalue weighted by molar-refractivity contribution is 0.175. The first-order chi connectivity index (χ1) is 7.66. The highest BCUT2D eigenvalue weighted by molar-refractivity contribution is 9.10. The second-order valence-electron chi connectivity index (χ2n) is 3.44. The van der Waals surface area contributed by atoms with Crippen LogP contribution >= 0.6 is 15.9 Å². The zero-order chi connectivity index (χ0) is 11.5. The molecule has 0 saturated heterocycles. The largest absolute Gasteiger partial charge is 0.388 e. The van der Waals surface area contributed by atoms with Gasteiger partial charge in [-0.3, -0.25) is 0 Å². The number of aliphatic hydroxyl groups is 1. The van der Waals surface area contributed by atoms with E-state index in [-0.39, 0.29) is 0 Å². The molecule has 1 unspecified atom stereocenters. The summed E-state index contributed by atoms with van der Waals surface area (Å²) in [5, 5.41) is 21.6. The van der Waals surface area contributed by atoms with Crippen molar-refractivity contribution in [2.75, 3.05) is 0 Å². The van der Waals surface area contributed by atoms with E-state index in [9.17, 15) is 5.11 Å². The molecular formula is C10H11BrN4O. The van der Waals surface area contributed by atoms with Crippen LogP contribution in [0.15, 0.2) is 28.7 Å². The van der Waals surface area contributed by atoms with E-state index >= 15 is 0 Å². The van der Waals surface area contributed by atoms with Gasteiger partial charge >= 0.3 is 0 Å². The lowest BCUT2D eigenvalue weighted by Crippen LogP contribution is -2.04. The van der Waals surface area contributed by atoms with Crippen molar-refractivity contribution < 1.29 is 5.11 Å². The molecular weight excluding hydrogens is 272 g/mol. The predicted molar refractivity (Wildman–Crippen MR) is 61.6 cm³/mol. The van der Waals surface area contributed by atoms with E-state index in [0.29, 0.717) is 12.2 Å². The Hall–Kier alpha value is -1.27. The first-order valence-corrected chi connectivity index (χ1v) is 5.61. The van der Waals surface area contributed by atoms with Gasteiger partial charge in [0.05, 0.1) is 13.2 Å². The quantitative estimate of drug-likeness (QED) is 0.920. The van der Waals surface area contributed by atoms with Crippen LogP contribution < -0.4 is 0 Å². The van der Waals surface area contributed by atoms with Crippen LogP contribution in [0.2, 0.25) is 0 Å². The number of aromatic nitrogens is 4. The van der Waals surface area contributed by atoms with Crippen molar-refractivity contribution in [2.24, 2.45) is 7.05 Å². The second-order valence-corrected chi connectivity index (χ2v) is 4.29. The molecule has 1 aromatic carbocycles. The molecule has 0 aliphatic rings. The highest BCUT2D eigenvalue weighted by atomic mass is 79.9. The Morgan fingerprint density at radius 2 is 2.19 bits per heavy atom. The third-order valence-electron chi connectivity index (χ3n) is 2.19. The molecule has 0 fully saturated rings. The minimum absolute atomic E-state index is 0.358. The molecule has 0 saturated carbocycles. The summed E-state index contributed by atoms with van der Waals surface area (Å²) in [6.45, 7) is 0. The Morgan fingerprint density at radius 3 is 2.81 bits per heavy atom. The normalized spacial score (nSPS) is 12.7. The molecule has 6 heteroatoms. The Kier molecular flexibility index (Phi) is 3.31. The summed E-state index contributed by atoms with van der Waals surface area (Å²) < 4.78 is 0.881. The lowest BCUT2D eigenvalue weighted by atomic mass is 10.1. The minimum atomic E-state index is -0.625. The van der Waals surface area contributed by atoms with Gasteiger partial charge in [-0.05, 0) is 16.8 Å². The van der Waals surface area contributed by atoms with Crippen molar-refractivity contribution >= 4 is 15.9 Å². The molecule has 2 rings (SSSR count). The van der Waals surface area contributed by atoms with Gasteiger partial charge in [-0.2, -0.15) is 4.80 Å². The molecule has 0 amide bonds. The molecule has 0 aliphatic heterocycles. The van der Waals surface area contributed by atoms with Crippen molar-refractivity contribution in [1.82, 2.24) is 20.2 Å². The highest BCUT2D eigenvalue weighted by Gasteiger charge is 2.14. The molecule has 0 aliphatic carbocycles. The summed E-state index contributed by atoms with van der Waals surface area (Å²) in [5.41, 5.74) is 0.829. The van der Waals surface area contributed by atoms with E-state index < -0.39 is 6.10 Å². The average molecular weight is 283 g/mol. The average Bonchev–Trinajstić information content (AvgIpc) is 2.64. The molecule has 0 radical (unpaired) electrons. The molecule has 84 valence electrons. The van der Waals surface area contributed by atoms with Crippen LogP contribution in [-0.4, -0.2) is 25.3 Å². The molecule has 0 spiro atoms. The number of halogens is 1. The van der Waals surface area contributed by atoms with Crippen molar-refractivity contribution in [1.29, 1.82) is 0 Å². The third kappa shape index (κ3) is 2.45. The number of aliphatic hydroxyl groups excluding tert-OH is 1. The fourth-order valence-electron chi connectivity index (χ4n) is 1.43. The van der Waals surface area contributed by atoms with Gasteiger partial charge in [0.2, 0.25) is 0 Å². The van der Waals surface area contributed by atoms with Crippen LogP contribution in [-0.2, 0) is 13.5 Å². The van der Waals surface area contributed by atoms with Crippen LogP contribution in [0.3, 0.4) is 0 Å². The molecule has 1 aromatic heterocycles. The predicted octanol–water partition coefficient (Wildman–Crippen LogP) is 1.25. The Bertz CT molecular complexity index is 485. The molecule has 1 heterocycles. The Balaban J connectivity index is 2.14. The van der Waals surface area contributed by atoms with Gasteiger partial charge in [-0.15, -0.1) is 10.2 Å². The van der Waals surface area contributed by atoms with E-state index in [1.807, 2.05) is 24.3 Å². The van der Waals surface area contributed by atoms with Gasteiger partial charge in [-0.1, -0.05) is 34.1 Å². The first kappa shape index (κ1) is 11.2. The smallest absolute Gasteiger partial charge is 0.177 e. The molecule has 1 atom stereocenters. The van der Waals surface area contributed by atoms with Gasteiger partial charge in [0, 0.05) is 10.9 Å². The van der Waals surface area contributed by atoms with Gasteiger partial charge < -0.3 is 5.11 Å². The summed E-state index contributed by atoms with van der Waals surface area (Å²) in [4.78, 5) is 1.38. The maximum Gasteiger partial charge on any atom is 0.177 e. The van der Waals surface area contributed by atoms with Gasteiger partial charge in [-0.25, -0.2) is 0 Å². The Morgan fingerprint density at radius 1 is 1.44 bits per heavy atom. The zero-order valence-corrected chi connectivity index (χ0v) is 10.3. The van der Waals surface area contributed by atoms with Crippen LogP contribution in [0.25, 0.3) is 0 Å². The van der Waals surface area contributed by atoms with E-state index in [1.54, 1.807) is 7.05 Å². The maximum atomic E-state index is 10.0. The molecule has 2 aromatic rings. The number of rotatable bonds is 3. The van der Waals surface area contributed by atoms with E-state index in [4.69, 9.17) is 0 Å². The topological polar surface area (TPSA) is 63.8 Å². The molecule has 1 N–H and O–H groups in total. The fraction of sp³-hybridized carbons (Fsp3) is 0.300. The fourth-order valence-corrected chi connectivity index (χ4v) is 1.98. The summed E-state index contributed by atoms with van der Waals surface area (Å²) in [5.74, 6) is 0.533. The van der Waals surface area contributed by atoms with E-state index in [2.05, 4.69) is 31.3 Å². The van der Waals surface area contributed by atoms with Crippen LogP contribution in [0.5, 0.6) is 0 Å². The van der Waals surface area contributed by atoms with Crippen molar-refractivity contribution in [3.8, 4) is 0 Å². The first-order valence-electron chi connectivity index (χ1n) is 4.82. The number of benzene rings is 1. The van der Waals surface area contributed by atoms with Gasteiger partial charge in [0.25, 0.3) is 0 Å². The second kappa shape index (κ2) is 4.71. The molecule has 5 nitrogen and oxygen atoms in total. The number of aryl methyl sites for hydroxylation is 1. The molecule has 0 bridgehead atoms. The van der Waals surface area contributed by atoms with Gasteiger partial charge in [0.1, 0.15) is 0 Å². The number of hydrogen-bond donors (Lipinski definition) is 1. The summed E-state index contributed by atoms with van der Waals surface area (Å²) in [7, 11) is 1.70.